The molecule has 1 aliphatic carbocycles. The first-order chi connectivity index (χ1) is 17.1. The summed E-state index contributed by atoms with van der Waals surface area (Å²) in [5.41, 5.74) is 6.69. The number of aromatic hydroxyl groups is 2. The van der Waals surface area contributed by atoms with Gasteiger partial charge in [-0.15, -0.1) is 0 Å². The molecule has 0 aliphatic heterocycles. The molecule has 2 nitrogen and oxygen atoms in total. The largest absolute Gasteiger partial charge is 0.508 e. The second-order valence-electron chi connectivity index (χ2n) is 9.33. The lowest BCUT2D eigenvalue weighted by Gasteiger charge is -2.34. The molecule has 35 heavy (non-hydrogen) atoms. The van der Waals surface area contributed by atoms with Crippen LogP contribution in [0.5, 0.6) is 11.5 Å². The van der Waals surface area contributed by atoms with Gasteiger partial charge in [-0.1, -0.05) is 84.9 Å². The normalized spacial score (nSPS) is 13.6. The van der Waals surface area contributed by atoms with Crippen LogP contribution in [0.2, 0.25) is 0 Å². The Morgan fingerprint density at radius 1 is 0.400 bits per heavy atom. The molecule has 0 saturated heterocycles. The Hall–Kier alpha value is -4.56. The van der Waals surface area contributed by atoms with Crippen molar-refractivity contribution in [2.24, 2.45) is 0 Å². The molecule has 0 atom stereocenters. The van der Waals surface area contributed by atoms with Crippen molar-refractivity contribution in [1.82, 2.24) is 0 Å². The molecule has 0 aromatic heterocycles. The number of phenolic OH excluding ortho intramolecular Hbond substituents is 2. The fourth-order valence-electron chi connectivity index (χ4n) is 5.96. The Labute approximate surface area is 203 Å². The second kappa shape index (κ2) is 7.22. The SMILES string of the molecule is Oc1ccc2ccc(C3(c4ccc5ccc(O)cc5c4)c4ccccc4-c4ccccc43)cc2c1. The van der Waals surface area contributed by atoms with Crippen molar-refractivity contribution < 1.29 is 10.2 Å². The quantitative estimate of drug-likeness (QED) is 0.282. The maximum absolute atomic E-state index is 10.2. The number of rotatable bonds is 2. The van der Waals surface area contributed by atoms with E-state index in [0.29, 0.717) is 0 Å². The molecule has 166 valence electrons. The molecular formula is C33H22O2. The van der Waals surface area contributed by atoms with Gasteiger partial charge in [-0.05, 0) is 91.3 Å². The molecule has 7 rings (SSSR count). The van der Waals surface area contributed by atoms with Gasteiger partial charge >= 0.3 is 0 Å². The van der Waals surface area contributed by atoms with E-state index < -0.39 is 5.41 Å². The molecule has 0 bridgehead atoms. The van der Waals surface area contributed by atoms with Crippen LogP contribution in [0.3, 0.4) is 0 Å². The highest BCUT2D eigenvalue weighted by Gasteiger charge is 2.46. The minimum absolute atomic E-state index is 0.261. The van der Waals surface area contributed by atoms with Crippen LogP contribution in [0, 0.1) is 0 Å². The van der Waals surface area contributed by atoms with E-state index in [9.17, 15) is 10.2 Å². The van der Waals surface area contributed by atoms with Crippen LogP contribution in [-0.4, -0.2) is 10.2 Å². The monoisotopic (exact) mass is 450 g/mol. The lowest BCUT2D eigenvalue weighted by atomic mass is 9.67. The summed E-state index contributed by atoms with van der Waals surface area (Å²) < 4.78 is 0. The third-order valence-electron chi connectivity index (χ3n) is 7.47. The molecule has 6 aromatic rings. The van der Waals surface area contributed by atoms with Gasteiger partial charge in [-0.2, -0.15) is 0 Å². The molecule has 2 heteroatoms. The average Bonchev–Trinajstić information content (AvgIpc) is 3.19. The Balaban J connectivity index is 1.64. The highest BCUT2D eigenvalue weighted by Crippen LogP contribution is 2.56. The van der Waals surface area contributed by atoms with Gasteiger partial charge in [0.05, 0.1) is 5.41 Å². The van der Waals surface area contributed by atoms with E-state index in [1.165, 1.54) is 22.3 Å². The third-order valence-corrected chi connectivity index (χ3v) is 7.47. The van der Waals surface area contributed by atoms with Crippen LogP contribution in [0.4, 0.5) is 0 Å². The van der Waals surface area contributed by atoms with Crippen molar-refractivity contribution in [3.05, 3.63) is 144 Å². The van der Waals surface area contributed by atoms with E-state index in [1.807, 2.05) is 24.3 Å². The molecule has 0 fully saturated rings. The number of benzene rings is 6. The van der Waals surface area contributed by atoms with Gasteiger partial charge in [0, 0.05) is 0 Å². The fraction of sp³-hybridized carbons (Fsp3) is 0.0303. The molecule has 0 amide bonds. The standard InChI is InChI=1S/C33H22O2/c34-27-15-11-21-9-13-25(17-23(21)19-27)33(26-14-10-22-12-16-28(35)20-24(22)18-26)31-7-3-1-5-29(31)30-6-2-4-8-32(30)33/h1-20,34-35H. The minimum Gasteiger partial charge on any atom is -0.508 e. The summed E-state index contributed by atoms with van der Waals surface area (Å²) in [6, 6.07) is 41.4. The van der Waals surface area contributed by atoms with Gasteiger partial charge in [-0.25, -0.2) is 0 Å². The Morgan fingerprint density at radius 2 is 0.829 bits per heavy atom. The van der Waals surface area contributed by atoms with Crippen LogP contribution in [0.1, 0.15) is 22.3 Å². The van der Waals surface area contributed by atoms with Crippen molar-refractivity contribution in [2.45, 2.75) is 5.41 Å². The first kappa shape index (κ1) is 19.9. The first-order valence-electron chi connectivity index (χ1n) is 11.8. The van der Waals surface area contributed by atoms with Gasteiger partial charge in [0.25, 0.3) is 0 Å². The van der Waals surface area contributed by atoms with Crippen LogP contribution in [0.25, 0.3) is 32.7 Å². The van der Waals surface area contributed by atoms with Gasteiger partial charge in [0.15, 0.2) is 0 Å². The molecular weight excluding hydrogens is 428 g/mol. The Bertz CT molecular complexity index is 1650. The number of hydrogen-bond donors (Lipinski definition) is 2. The third kappa shape index (κ3) is 2.77. The minimum atomic E-state index is -0.535. The van der Waals surface area contributed by atoms with Crippen LogP contribution in [-0.2, 0) is 5.41 Å². The number of phenols is 2. The predicted octanol–water partition coefficient (Wildman–Crippen LogP) is 7.77. The van der Waals surface area contributed by atoms with Gasteiger partial charge in [-0.3, -0.25) is 0 Å². The van der Waals surface area contributed by atoms with Crippen LogP contribution in [0.15, 0.2) is 121 Å². The highest BCUT2D eigenvalue weighted by molar-refractivity contribution is 5.92. The first-order valence-corrected chi connectivity index (χ1v) is 11.8. The summed E-state index contributed by atoms with van der Waals surface area (Å²) in [6.07, 6.45) is 0. The molecule has 6 aromatic carbocycles. The average molecular weight is 451 g/mol. The Morgan fingerprint density at radius 3 is 1.31 bits per heavy atom. The van der Waals surface area contributed by atoms with Crippen molar-refractivity contribution in [2.75, 3.05) is 0 Å². The van der Waals surface area contributed by atoms with Gasteiger partial charge in [0.1, 0.15) is 11.5 Å². The number of hydrogen-bond acceptors (Lipinski definition) is 2. The molecule has 0 saturated carbocycles. The second-order valence-corrected chi connectivity index (χ2v) is 9.33. The molecule has 0 unspecified atom stereocenters. The summed E-state index contributed by atoms with van der Waals surface area (Å²) in [5, 5.41) is 24.6. The summed E-state index contributed by atoms with van der Waals surface area (Å²) in [7, 11) is 0. The molecule has 2 N–H and O–H groups in total. The van der Waals surface area contributed by atoms with Crippen molar-refractivity contribution >= 4 is 21.5 Å². The van der Waals surface area contributed by atoms with Crippen molar-refractivity contribution in [3.63, 3.8) is 0 Å². The predicted molar refractivity (Wildman–Crippen MR) is 142 cm³/mol. The van der Waals surface area contributed by atoms with Crippen LogP contribution < -0.4 is 0 Å². The molecule has 0 heterocycles. The van der Waals surface area contributed by atoms with E-state index in [-0.39, 0.29) is 11.5 Å². The van der Waals surface area contributed by atoms with Crippen molar-refractivity contribution in [3.8, 4) is 22.6 Å². The topological polar surface area (TPSA) is 40.5 Å². The van der Waals surface area contributed by atoms with Crippen LogP contribution >= 0.6 is 0 Å². The summed E-state index contributed by atoms with van der Waals surface area (Å²) in [6.45, 7) is 0. The lowest BCUT2D eigenvalue weighted by Crippen LogP contribution is -2.28. The zero-order valence-electron chi connectivity index (χ0n) is 18.9. The molecule has 0 spiro atoms. The maximum Gasteiger partial charge on any atom is 0.116 e. The molecule has 0 radical (unpaired) electrons. The summed E-state index contributed by atoms with van der Waals surface area (Å²) in [5.74, 6) is 0.522. The van der Waals surface area contributed by atoms with Crippen molar-refractivity contribution in [1.29, 1.82) is 0 Å². The number of fused-ring (bicyclic) bond motifs is 5. The Kier molecular flexibility index (Phi) is 4.10. The van der Waals surface area contributed by atoms with Gasteiger partial charge < -0.3 is 10.2 Å². The lowest BCUT2D eigenvalue weighted by molar-refractivity contribution is 0.475. The zero-order chi connectivity index (χ0) is 23.6. The van der Waals surface area contributed by atoms with E-state index in [2.05, 4.69) is 84.9 Å². The molecule has 1 aliphatic rings. The van der Waals surface area contributed by atoms with E-state index in [4.69, 9.17) is 0 Å². The van der Waals surface area contributed by atoms with Gasteiger partial charge in [0.2, 0.25) is 0 Å². The smallest absolute Gasteiger partial charge is 0.116 e. The highest BCUT2D eigenvalue weighted by atomic mass is 16.3. The zero-order valence-corrected chi connectivity index (χ0v) is 18.9. The van der Waals surface area contributed by atoms with E-state index in [1.54, 1.807) is 12.1 Å². The fourth-order valence-corrected chi connectivity index (χ4v) is 5.96. The van der Waals surface area contributed by atoms with E-state index >= 15 is 0 Å². The van der Waals surface area contributed by atoms with E-state index in [0.717, 1.165) is 32.7 Å². The maximum atomic E-state index is 10.2. The summed E-state index contributed by atoms with van der Waals surface area (Å²) in [4.78, 5) is 0. The summed E-state index contributed by atoms with van der Waals surface area (Å²) >= 11 is 0.